The molecule has 114 valence electrons. The molecule has 1 aromatic heterocycles. The molecule has 20 heavy (non-hydrogen) atoms. The van der Waals surface area contributed by atoms with Crippen molar-refractivity contribution in [3.8, 4) is 0 Å². The van der Waals surface area contributed by atoms with E-state index in [-0.39, 0.29) is 0 Å². The van der Waals surface area contributed by atoms with E-state index in [9.17, 15) is 0 Å². The molecule has 1 heterocycles. The first kappa shape index (κ1) is 15.4. The van der Waals surface area contributed by atoms with Crippen molar-refractivity contribution in [2.75, 3.05) is 18.5 Å². The van der Waals surface area contributed by atoms with Gasteiger partial charge in [0.05, 0.1) is 5.69 Å². The van der Waals surface area contributed by atoms with Gasteiger partial charge in [0.15, 0.2) is 0 Å². The summed E-state index contributed by atoms with van der Waals surface area (Å²) in [5.74, 6) is 1.30. The van der Waals surface area contributed by atoms with Crippen LogP contribution in [-0.2, 0) is 13.6 Å². The van der Waals surface area contributed by atoms with Gasteiger partial charge in [0, 0.05) is 32.2 Å². The van der Waals surface area contributed by atoms with Crippen LogP contribution in [0, 0.1) is 6.92 Å². The Balaban J connectivity index is 2.20. The Labute approximate surface area is 123 Å². The third kappa shape index (κ3) is 3.35. The first-order chi connectivity index (χ1) is 9.65. The normalized spacial score (nSPS) is 17.2. The van der Waals surface area contributed by atoms with Gasteiger partial charge in [0.2, 0.25) is 0 Å². The fourth-order valence-electron chi connectivity index (χ4n) is 3.41. The van der Waals surface area contributed by atoms with E-state index >= 15 is 0 Å². The fraction of sp³-hybridized carbons (Fsp3) is 0.812. The smallest absolute Gasteiger partial charge is 0.131 e. The van der Waals surface area contributed by atoms with Gasteiger partial charge in [-0.1, -0.05) is 32.6 Å². The molecule has 0 saturated heterocycles. The van der Waals surface area contributed by atoms with Crippen molar-refractivity contribution >= 4 is 5.82 Å². The summed E-state index contributed by atoms with van der Waals surface area (Å²) in [5.41, 5.74) is 2.52. The van der Waals surface area contributed by atoms with Crippen LogP contribution >= 0.6 is 0 Å². The van der Waals surface area contributed by atoms with Crippen LogP contribution in [0.1, 0.15) is 56.7 Å². The van der Waals surface area contributed by atoms with Crippen LogP contribution in [0.5, 0.6) is 0 Å². The maximum atomic E-state index is 4.64. The maximum absolute atomic E-state index is 4.64. The monoisotopic (exact) mass is 278 g/mol. The molecule has 4 nitrogen and oxygen atoms in total. The number of nitrogens with one attached hydrogen (secondary N) is 1. The second kappa shape index (κ2) is 7.11. The number of rotatable bonds is 5. The van der Waals surface area contributed by atoms with Gasteiger partial charge in [-0.05, 0) is 26.3 Å². The van der Waals surface area contributed by atoms with E-state index in [2.05, 4.69) is 47.9 Å². The molecule has 1 aliphatic rings. The zero-order valence-electron chi connectivity index (χ0n) is 13.6. The fourth-order valence-corrected chi connectivity index (χ4v) is 3.41. The predicted octanol–water partition coefficient (Wildman–Crippen LogP) is 3.00. The second-order valence-electron chi connectivity index (χ2n) is 6.05. The quantitative estimate of drug-likeness (QED) is 0.841. The molecule has 1 N–H and O–H groups in total. The van der Waals surface area contributed by atoms with Crippen molar-refractivity contribution in [1.29, 1.82) is 0 Å². The third-order valence-corrected chi connectivity index (χ3v) is 4.57. The summed E-state index contributed by atoms with van der Waals surface area (Å²) >= 11 is 0. The van der Waals surface area contributed by atoms with Gasteiger partial charge in [-0.15, -0.1) is 0 Å². The molecule has 4 heteroatoms. The molecule has 0 amide bonds. The lowest BCUT2D eigenvalue weighted by Crippen LogP contribution is -2.33. The number of anilines is 1. The van der Waals surface area contributed by atoms with Crippen molar-refractivity contribution in [1.82, 2.24) is 15.1 Å². The Kier molecular flexibility index (Phi) is 5.46. The summed E-state index contributed by atoms with van der Waals surface area (Å²) in [5, 5.41) is 8.09. The van der Waals surface area contributed by atoms with Gasteiger partial charge in [-0.3, -0.25) is 4.68 Å². The largest absolute Gasteiger partial charge is 0.357 e. The lowest BCUT2D eigenvalue weighted by atomic mass is 10.1. The molecule has 0 atom stereocenters. The van der Waals surface area contributed by atoms with Crippen LogP contribution in [0.15, 0.2) is 0 Å². The molecular weight excluding hydrogens is 248 g/mol. The number of hydrogen-bond acceptors (Lipinski definition) is 3. The van der Waals surface area contributed by atoms with Crippen molar-refractivity contribution in [2.24, 2.45) is 7.05 Å². The molecule has 0 radical (unpaired) electrons. The van der Waals surface area contributed by atoms with Crippen molar-refractivity contribution in [3.63, 3.8) is 0 Å². The average Bonchev–Trinajstić information content (AvgIpc) is 2.63. The van der Waals surface area contributed by atoms with Gasteiger partial charge >= 0.3 is 0 Å². The number of aromatic nitrogens is 2. The summed E-state index contributed by atoms with van der Waals surface area (Å²) in [6.07, 6.45) is 8.18. The van der Waals surface area contributed by atoms with Gasteiger partial charge in [-0.25, -0.2) is 0 Å². The van der Waals surface area contributed by atoms with Crippen LogP contribution in [0.3, 0.4) is 0 Å². The molecule has 1 saturated carbocycles. The minimum Gasteiger partial charge on any atom is -0.357 e. The highest BCUT2D eigenvalue weighted by atomic mass is 15.4. The predicted molar refractivity (Wildman–Crippen MR) is 85.2 cm³/mol. The van der Waals surface area contributed by atoms with E-state index in [0.717, 1.165) is 18.8 Å². The maximum Gasteiger partial charge on any atom is 0.131 e. The van der Waals surface area contributed by atoms with Gasteiger partial charge in [0.1, 0.15) is 5.82 Å². The van der Waals surface area contributed by atoms with E-state index in [0.29, 0.717) is 6.04 Å². The lowest BCUT2D eigenvalue weighted by Gasteiger charge is -2.30. The van der Waals surface area contributed by atoms with Gasteiger partial charge in [0.25, 0.3) is 0 Å². The van der Waals surface area contributed by atoms with E-state index in [1.807, 2.05) is 0 Å². The summed E-state index contributed by atoms with van der Waals surface area (Å²) in [6, 6.07) is 0.674. The summed E-state index contributed by atoms with van der Waals surface area (Å²) in [4.78, 5) is 2.48. The molecule has 0 spiro atoms. The molecule has 0 aliphatic heterocycles. The highest BCUT2D eigenvalue weighted by Crippen LogP contribution is 2.29. The van der Waals surface area contributed by atoms with Crippen LogP contribution < -0.4 is 10.2 Å². The molecule has 1 fully saturated rings. The van der Waals surface area contributed by atoms with E-state index < -0.39 is 0 Å². The van der Waals surface area contributed by atoms with Crippen molar-refractivity contribution in [2.45, 2.75) is 65.0 Å². The molecule has 1 aliphatic carbocycles. The summed E-state index contributed by atoms with van der Waals surface area (Å²) in [7, 11) is 4.33. The third-order valence-electron chi connectivity index (χ3n) is 4.57. The Bertz CT molecular complexity index is 416. The minimum absolute atomic E-state index is 0.674. The lowest BCUT2D eigenvalue weighted by molar-refractivity contribution is 0.537. The second-order valence-corrected chi connectivity index (χ2v) is 6.05. The molecule has 0 unspecified atom stereocenters. The first-order valence-electron chi connectivity index (χ1n) is 8.11. The molecule has 1 aromatic rings. The van der Waals surface area contributed by atoms with E-state index in [1.165, 1.54) is 49.9 Å². The molecular formula is C16H30N4. The van der Waals surface area contributed by atoms with E-state index in [1.54, 1.807) is 0 Å². The van der Waals surface area contributed by atoms with Gasteiger partial charge in [-0.2, -0.15) is 5.10 Å². The van der Waals surface area contributed by atoms with Crippen molar-refractivity contribution < 1.29 is 0 Å². The Hall–Kier alpha value is -1.03. The first-order valence-corrected chi connectivity index (χ1v) is 8.11. The highest BCUT2D eigenvalue weighted by Gasteiger charge is 2.23. The molecule has 0 aromatic carbocycles. The zero-order valence-corrected chi connectivity index (χ0v) is 13.6. The van der Waals surface area contributed by atoms with Crippen LogP contribution in [-0.4, -0.2) is 29.4 Å². The highest BCUT2D eigenvalue weighted by molar-refractivity contribution is 5.50. The van der Waals surface area contributed by atoms with Crippen LogP contribution in [0.25, 0.3) is 0 Å². The van der Waals surface area contributed by atoms with Crippen molar-refractivity contribution in [3.05, 3.63) is 11.3 Å². The van der Waals surface area contributed by atoms with E-state index in [4.69, 9.17) is 0 Å². The standard InChI is InChI=1S/C16H30N4/c1-5-17-12-15-13(2)18-20(4)16(15)19(3)14-10-8-6-7-9-11-14/h14,17H,5-12H2,1-4H3. The zero-order chi connectivity index (χ0) is 14.5. The average molecular weight is 278 g/mol. The Morgan fingerprint density at radius 3 is 2.50 bits per heavy atom. The summed E-state index contributed by atoms with van der Waals surface area (Å²) < 4.78 is 2.06. The summed E-state index contributed by atoms with van der Waals surface area (Å²) in [6.45, 7) is 6.20. The Morgan fingerprint density at radius 1 is 1.25 bits per heavy atom. The number of hydrogen-bond donors (Lipinski definition) is 1. The molecule has 0 bridgehead atoms. The number of aryl methyl sites for hydroxylation is 2. The molecule has 2 rings (SSSR count). The minimum atomic E-state index is 0.674. The Morgan fingerprint density at radius 2 is 1.90 bits per heavy atom. The van der Waals surface area contributed by atoms with Crippen LogP contribution in [0.4, 0.5) is 5.82 Å². The van der Waals surface area contributed by atoms with Gasteiger partial charge < -0.3 is 10.2 Å². The SMILES string of the molecule is CCNCc1c(C)nn(C)c1N(C)C1CCCCCC1. The number of nitrogens with zero attached hydrogens (tertiary/aromatic N) is 3. The topological polar surface area (TPSA) is 33.1 Å². The van der Waals surface area contributed by atoms with Crippen LogP contribution in [0.2, 0.25) is 0 Å².